The van der Waals surface area contributed by atoms with Crippen LogP contribution in [0.3, 0.4) is 0 Å². The molecule has 3 rings (SSSR count). The summed E-state index contributed by atoms with van der Waals surface area (Å²) in [5.41, 5.74) is 0.793. The van der Waals surface area contributed by atoms with E-state index in [0.717, 1.165) is 22.8 Å². The first-order valence-electron chi connectivity index (χ1n) is 5.01. The van der Waals surface area contributed by atoms with Crippen LogP contribution >= 0.6 is 11.3 Å². The zero-order chi connectivity index (χ0) is 11.1. The fourth-order valence-electron chi connectivity index (χ4n) is 1.61. The van der Waals surface area contributed by atoms with Crippen LogP contribution in [0.4, 0.5) is 0 Å². The zero-order valence-electron chi connectivity index (χ0n) is 8.60. The van der Waals surface area contributed by atoms with Crippen molar-refractivity contribution in [2.24, 2.45) is 0 Å². The molecular formula is C9H9N5OS. The minimum Gasteiger partial charge on any atom is -0.265 e. The largest absolute Gasteiger partial charge is 0.292 e. The molecular weight excluding hydrogens is 226 g/mol. The maximum atomic E-state index is 11.4. The van der Waals surface area contributed by atoms with Crippen LogP contribution in [0.25, 0.3) is 16.0 Å². The van der Waals surface area contributed by atoms with Crippen LogP contribution in [0.1, 0.15) is 18.4 Å². The van der Waals surface area contributed by atoms with Crippen LogP contribution in [0.2, 0.25) is 0 Å². The highest BCUT2D eigenvalue weighted by atomic mass is 32.1. The van der Waals surface area contributed by atoms with E-state index >= 15 is 0 Å². The van der Waals surface area contributed by atoms with Gasteiger partial charge in [0.25, 0.3) is 5.56 Å². The van der Waals surface area contributed by atoms with E-state index in [-0.39, 0.29) is 5.56 Å². The summed E-state index contributed by atoms with van der Waals surface area (Å²) in [5.74, 6) is 0. The molecule has 0 saturated heterocycles. The highest BCUT2D eigenvalue weighted by Crippen LogP contribution is 2.19. The van der Waals surface area contributed by atoms with Gasteiger partial charge in [-0.15, -0.1) is 0 Å². The summed E-state index contributed by atoms with van der Waals surface area (Å²) in [7, 11) is 0. The van der Waals surface area contributed by atoms with Crippen LogP contribution < -0.4 is 5.56 Å². The van der Waals surface area contributed by atoms with Crippen molar-refractivity contribution in [1.82, 2.24) is 24.8 Å². The molecule has 0 aliphatic heterocycles. The lowest BCUT2D eigenvalue weighted by Gasteiger charge is -1.88. The molecule has 0 aliphatic carbocycles. The number of aromatic amines is 1. The minimum atomic E-state index is -0.271. The molecule has 0 aromatic carbocycles. The van der Waals surface area contributed by atoms with Gasteiger partial charge < -0.3 is 0 Å². The third-order valence-electron chi connectivity index (χ3n) is 2.31. The Morgan fingerprint density at radius 2 is 2.44 bits per heavy atom. The standard InChI is InChI=1S/C9H9N5OS/c1-2-3-6-13-14-5-4-10-12-8(15)7(5)11-9(14)16-6/h4H,2-3H2,1H3,(H,12,15). The number of imidazole rings is 1. The number of hydrogen-bond donors (Lipinski definition) is 1. The fraction of sp³-hybridized carbons (Fsp3) is 0.333. The Hall–Kier alpha value is -1.76. The van der Waals surface area contributed by atoms with Gasteiger partial charge in [0.15, 0.2) is 5.52 Å². The molecule has 0 amide bonds. The summed E-state index contributed by atoms with van der Waals surface area (Å²) < 4.78 is 1.69. The Morgan fingerprint density at radius 3 is 3.25 bits per heavy atom. The van der Waals surface area contributed by atoms with Crippen LogP contribution in [0.15, 0.2) is 11.0 Å². The second-order valence-electron chi connectivity index (χ2n) is 3.48. The number of H-pyrrole nitrogens is 1. The van der Waals surface area contributed by atoms with Crippen molar-refractivity contribution in [2.45, 2.75) is 19.8 Å². The third-order valence-corrected chi connectivity index (χ3v) is 3.28. The summed E-state index contributed by atoms with van der Waals surface area (Å²) in [6.07, 6.45) is 3.56. The third kappa shape index (κ3) is 1.25. The molecule has 3 heterocycles. The Kier molecular flexibility index (Phi) is 2.00. The molecule has 0 fully saturated rings. The second kappa shape index (κ2) is 3.38. The molecule has 7 heteroatoms. The molecule has 0 aliphatic rings. The van der Waals surface area contributed by atoms with Crippen molar-refractivity contribution in [3.63, 3.8) is 0 Å². The molecule has 0 bridgehead atoms. The maximum Gasteiger partial charge on any atom is 0.292 e. The summed E-state index contributed by atoms with van der Waals surface area (Å²) in [4.78, 5) is 16.4. The van der Waals surface area contributed by atoms with Gasteiger partial charge in [-0.25, -0.2) is 14.6 Å². The van der Waals surface area contributed by atoms with Crippen molar-refractivity contribution in [3.05, 3.63) is 21.6 Å². The number of nitrogens with one attached hydrogen (secondary N) is 1. The van der Waals surface area contributed by atoms with Gasteiger partial charge in [0, 0.05) is 6.42 Å². The predicted octanol–water partition coefficient (Wildman–Crippen LogP) is 0.980. The van der Waals surface area contributed by atoms with Crippen molar-refractivity contribution in [3.8, 4) is 0 Å². The molecule has 0 atom stereocenters. The highest BCUT2D eigenvalue weighted by Gasteiger charge is 2.12. The Bertz CT molecular complexity index is 709. The van der Waals surface area contributed by atoms with E-state index in [1.54, 1.807) is 10.7 Å². The van der Waals surface area contributed by atoms with Gasteiger partial charge in [0.2, 0.25) is 4.96 Å². The van der Waals surface area contributed by atoms with E-state index in [1.807, 2.05) is 0 Å². The van der Waals surface area contributed by atoms with E-state index in [0.29, 0.717) is 11.0 Å². The molecule has 0 radical (unpaired) electrons. The van der Waals surface area contributed by atoms with Gasteiger partial charge in [-0.05, 0) is 6.42 Å². The maximum absolute atomic E-state index is 11.4. The summed E-state index contributed by atoms with van der Waals surface area (Å²) in [5, 5.41) is 11.6. The van der Waals surface area contributed by atoms with Crippen molar-refractivity contribution in [1.29, 1.82) is 0 Å². The molecule has 6 nitrogen and oxygen atoms in total. The Balaban J connectivity index is 2.34. The zero-order valence-corrected chi connectivity index (χ0v) is 9.41. The molecule has 1 N–H and O–H groups in total. The highest BCUT2D eigenvalue weighted by molar-refractivity contribution is 7.16. The smallest absolute Gasteiger partial charge is 0.265 e. The van der Waals surface area contributed by atoms with Gasteiger partial charge in [-0.2, -0.15) is 10.2 Å². The average Bonchev–Trinajstić information content (AvgIpc) is 2.77. The number of fused-ring (bicyclic) bond motifs is 3. The van der Waals surface area contributed by atoms with Crippen LogP contribution in [-0.2, 0) is 6.42 Å². The monoisotopic (exact) mass is 235 g/mol. The van der Waals surface area contributed by atoms with Crippen LogP contribution in [-0.4, -0.2) is 24.8 Å². The lowest BCUT2D eigenvalue weighted by atomic mass is 10.4. The molecule has 3 aromatic heterocycles. The van der Waals surface area contributed by atoms with Crippen molar-refractivity contribution < 1.29 is 0 Å². The van der Waals surface area contributed by atoms with Crippen molar-refractivity contribution >= 4 is 27.3 Å². The van der Waals surface area contributed by atoms with Gasteiger partial charge in [0.1, 0.15) is 10.5 Å². The Labute approximate surface area is 93.9 Å². The first kappa shape index (κ1) is 9.46. The fourth-order valence-corrected chi connectivity index (χ4v) is 2.61. The summed E-state index contributed by atoms with van der Waals surface area (Å²) in [6.45, 7) is 2.11. The van der Waals surface area contributed by atoms with Gasteiger partial charge in [-0.1, -0.05) is 18.3 Å². The molecule has 0 unspecified atom stereocenters. The lowest BCUT2D eigenvalue weighted by molar-refractivity contribution is 0.857. The van der Waals surface area contributed by atoms with E-state index in [1.165, 1.54) is 11.3 Å². The molecule has 3 aromatic rings. The Morgan fingerprint density at radius 1 is 1.56 bits per heavy atom. The minimum absolute atomic E-state index is 0.271. The summed E-state index contributed by atoms with van der Waals surface area (Å²) in [6, 6.07) is 0. The number of aromatic nitrogens is 5. The topological polar surface area (TPSA) is 75.9 Å². The van der Waals surface area contributed by atoms with E-state index < -0.39 is 0 Å². The number of aryl methyl sites for hydroxylation is 1. The number of nitrogens with zero attached hydrogens (tertiary/aromatic N) is 4. The first-order chi connectivity index (χ1) is 7.79. The SMILES string of the molecule is CCCc1nn2c(nc3c(=O)[nH]ncc32)s1. The molecule has 0 saturated carbocycles. The van der Waals surface area contributed by atoms with Crippen LogP contribution in [0.5, 0.6) is 0 Å². The van der Waals surface area contributed by atoms with E-state index in [4.69, 9.17) is 0 Å². The van der Waals surface area contributed by atoms with Gasteiger partial charge in [-0.3, -0.25) is 4.79 Å². The molecule has 0 spiro atoms. The van der Waals surface area contributed by atoms with Crippen LogP contribution in [0, 0.1) is 0 Å². The quantitative estimate of drug-likeness (QED) is 0.718. The van der Waals surface area contributed by atoms with Gasteiger partial charge >= 0.3 is 0 Å². The number of hydrogen-bond acceptors (Lipinski definition) is 5. The average molecular weight is 235 g/mol. The van der Waals surface area contributed by atoms with Gasteiger partial charge in [0.05, 0.1) is 6.20 Å². The molecule has 16 heavy (non-hydrogen) atoms. The van der Waals surface area contributed by atoms with E-state index in [9.17, 15) is 4.79 Å². The lowest BCUT2D eigenvalue weighted by Crippen LogP contribution is -2.07. The second-order valence-corrected chi connectivity index (χ2v) is 4.53. The first-order valence-corrected chi connectivity index (χ1v) is 5.83. The normalized spacial score (nSPS) is 11.6. The van der Waals surface area contributed by atoms with E-state index in [2.05, 4.69) is 27.2 Å². The van der Waals surface area contributed by atoms with Crippen molar-refractivity contribution in [2.75, 3.05) is 0 Å². The predicted molar refractivity (Wildman–Crippen MR) is 60.8 cm³/mol. The summed E-state index contributed by atoms with van der Waals surface area (Å²) >= 11 is 1.52. The molecule has 82 valence electrons. The number of rotatable bonds is 2.